The molecule has 108 valence electrons. The number of benzene rings is 1. The van der Waals surface area contributed by atoms with Crippen molar-refractivity contribution in [1.29, 1.82) is 0 Å². The van der Waals surface area contributed by atoms with E-state index < -0.39 is 0 Å². The molecule has 0 bridgehead atoms. The van der Waals surface area contributed by atoms with Crippen LogP contribution < -0.4 is 10.2 Å². The van der Waals surface area contributed by atoms with Crippen LogP contribution in [0.3, 0.4) is 0 Å². The van der Waals surface area contributed by atoms with Gasteiger partial charge in [0.2, 0.25) is 11.8 Å². The number of carbonyl (C=O) groups excluding carboxylic acids is 2. The van der Waals surface area contributed by atoms with E-state index in [9.17, 15) is 9.59 Å². The molecule has 0 atom stereocenters. The quantitative estimate of drug-likeness (QED) is 0.836. The summed E-state index contributed by atoms with van der Waals surface area (Å²) in [5.41, 5.74) is 2.85. The lowest BCUT2D eigenvalue weighted by Crippen LogP contribution is -2.25. The van der Waals surface area contributed by atoms with Crippen LogP contribution in [0, 0.1) is 0 Å². The highest BCUT2D eigenvalue weighted by Gasteiger charge is 2.22. The Morgan fingerprint density at radius 1 is 1.40 bits per heavy atom. The first-order valence-electron chi connectivity index (χ1n) is 6.81. The summed E-state index contributed by atoms with van der Waals surface area (Å²) in [5, 5.41) is 2.88. The van der Waals surface area contributed by atoms with Crippen LogP contribution in [-0.2, 0) is 20.7 Å². The second-order valence-corrected chi connectivity index (χ2v) is 4.91. The number of rotatable bonds is 5. The third-order valence-corrected chi connectivity index (χ3v) is 3.39. The Bertz CT molecular complexity index is 514. The van der Waals surface area contributed by atoms with Crippen molar-refractivity contribution >= 4 is 23.2 Å². The number of methoxy groups -OCH3 is 1. The Labute approximate surface area is 118 Å². The average Bonchev–Trinajstić information content (AvgIpc) is 2.82. The zero-order valence-electron chi connectivity index (χ0n) is 11.9. The maximum atomic E-state index is 11.7. The Morgan fingerprint density at radius 2 is 2.20 bits per heavy atom. The standard InChI is InChI=1S/C15H20N2O3/c1-11(18)17-8-7-12-10-13(5-6-14(12)17)16-15(19)4-3-9-20-2/h5-6,10H,3-4,7-9H2,1-2H3,(H,16,19). The van der Waals surface area contributed by atoms with Crippen LogP contribution in [0.4, 0.5) is 11.4 Å². The Kier molecular flexibility index (Phi) is 4.74. The van der Waals surface area contributed by atoms with E-state index in [-0.39, 0.29) is 11.8 Å². The molecule has 0 saturated heterocycles. The van der Waals surface area contributed by atoms with Gasteiger partial charge in [-0.1, -0.05) is 0 Å². The summed E-state index contributed by atoms with van der Waals surface area (Å²) in [7, 11) is 1.62. The molecule has 1 N–H and O–H groups in total. The van der Waals surface area contributed by atoms with E-state index in [0.717, 1.165) is 29.9 Å². The predicted molar refractivity (Wildman–Crippen MR) is 77.9 cm³/mol. The van der Waals surface area contributed by atoms with Crippen LogP contribution in [0.15, 0.2) is 18.2 Å². The molecule has 0 aliphatic carbocycles. The van der Waals surface area contributed by atoms with E-state index in [1.54, 1.807) is 18.9 Å². The first kappa shape index (κ1) is 14.5. The van der Waals surface area contributed by atoms with Gasteiger partial charge in [-0.15, -0.1) is 0 Å². The zero-order chi connectivity index (χ0) is 14.5. The van der Waals surface area contributed by atoms with Crippen molar-refractivity contribution in [3.8, 4) is 0 Å². The van der Waals surface area contributed by atoms with E-state index in [2.05, 4.69) is 5.32 Å². The van der Waals surface area contributed by atoms with Crippen molar-refractivity contribution in [3.63, 3.8) is 0 Å². The maximum absolute atomic E-state index is 11.7. The van der Waals surface area contributed by atoms with Gasteiger partial charge in [-0.2, -0.15) is 0 Å². The molecular weight excluding hydrogens is 256 g/mol. The predicted octanol–water partition coefficient (Wildman–Crippen LogP) is 1.96. The molecule has 1 heterocycles. The van der Waals surface area contributed by atoms with Gasteiger partial charge in [0, 0.05) is 45.0 Å². The summed E-state index contributed by atoms with van der Waals surface area (Å²) in [5.74, 6) is 0.0449. The van der Waals surface area contributed by atoms with Gasteiger partial charge in [0.15, 0.2) is 0 Å². The second-order valence-electron chi connectivity index (χ2n) is 4.91. The zero-order valence-corrected chi connectivity index (χ0v) is 11.9. The molecule has 5 nitrogen and oxygen atoms in total. The number of fused-ring (bicyclic) bond motifs is 1. The molecular formula is C15H20N2O3. The summed E-state index contributed by atoms with van der Waals surface area (Å²) < 4.78 is 4.92. The normalized spacial score (nSPS) is 13.2. The molecule has 2 amide bonds. The molecule has 1 aromatic carbocycles. The van der Waals surface area contributed by atoms with Gasteiger partial charge in [0.25, 0.3) is 0 Å². The second kappa shape index (κ2) is 6.52. The molecule has 0 fully saturated rings. The summed E-state index contributed by atoms with van der Waals surface area (Å²) in [6.45, 7) is 2.88. The minimum Gasteiger partial charge on any atom is -0.385 e. The molecule has 0 saturated carbocycles. The lowest BCUT2D eigenvalue weighted by molar-refractivity contribution is -0.117. The Balaban J connectivity index is 1.98. The molecule has 1 aromatic rings. The van der Waals surface area contributed by atoms with Gasteiger partial charge in [0.05, 0.1) is 0 Å². The number of carbonyl (C=O) groups is 2. The van der Waals surface area contributed by atoms with Crippen LogP contribution in [0.2, 0.25) is 0 Å². The molecule has 0 radical (unpaired) electrons. The largest absolute Gasteiger partial charge is 0.385 e. The number of nitrogens with zero attached hydrogens (tertiary/aromatic N) is 1. The van der Waals surface area contributed by atoms with Crippen LogP contribution in [0.25, 0.3) is 0 Å². The molecule has 0 aromatic heterocycles. The third-order valence-electron chi connectivity index (χ3n) is 3.39. The number of ether oxygens (including phenoxy) is 1. The van der Waals surface area contributed by atoms with E-state index in [1.165, 1.54) is 0 Å². The van der Waals surface area contributed by atoms with E-state index in [4.69, 9.17) is 4.74 Å². The van der Waals surface area contributed by atoms with Crippen molar-refractivity contribution in [2.45, 2.75) is 26.2 Å². The number of hydrogen-bond acceptors (Lipinski definition) is 3. The number of amides is 2. The van der Waals surface area contributed by atoms with Crippen LogP contribution in [0.1, 0.15) is 25.3 Å². The van der Waals surface area contributed by atoms with Gasteiger partial charge in [-0.3, -0.25) is 9.59 Å². The highest BCUT2D eigenvalue weighted by Crippen LogP contribution is 2.30. The topological polar surface area (TPSA) is 58.6 Å². The molecule has 2 rings (SSSR count). The van der Waals surface area contributed by atoms with Crippen molar-refractivity contribution < 1.29 is 14.3 Å². The minimum atomic E-state index is -0.0107. The van der Waals surface area contributed by atoms with E-state index >= 15 is 0 Å². The average molecular weight is 276 g/mol. The number of anilines is 2. The van der Waals surface area contributed by atoms with E-state index in [1.807, 2.05) is 18.2 Å². The van der Waals surface area contributed by atoms with E-state index in [0.29, 0.717) is 19.4 Å². The summed E-state index contributed by atoms with van der Waals surface area (Å²) in [6, 6.07) is 5.69. The molecule has 0 unspecified atom stereocenters. The smallest absolute Gasteiger partial charge is 0.224 e. The van der Waals surface area contributed by atoms with Gasteiger partial charge < -0.3 is 15.0 Å². The van der Waals surface area contributed by atoms with Crippen molar-refractivity contribution in [1.82, 2.24) is 0 Å². The summed E-state index contributed by atoms with van der Waals surface area (Å²) in [4.78, 5) is 25.0. The van der Waals surface area contributed by atoms with Crippen molar-refractivity contribution in [2.75, 3.05) is 30.5 Å². The Morgan fingerprint density at radius 3 is 2.90 bits per heavy atom. The van der Waals surface area contributed by atoms with Gasteiger partial charge in [0.1, 0.15) is 0 Å². The maximum Gasteiger partial charge on any atom is 0.224 e. The molecule has 0 spiro atoms. The highest BCUT2D eigenvalue weighted by molar-refractivity contribution is 5.95. The van der Waals surface area contributed by atoms with Gasteiger partial charge in [-0.05, 0) is 36.6 Å². The molecule has 1 aliphatic rings. The highest BCUT2D eigenvalue weighted by atomic mass is 16.5. The fraction of sp³-hybridized carbons (Fsp3) is 0.467. The van der Waals surface area contributed by atoms with Gasteiger partial charge >= 0.3 is 0 Å². The first-order chi connectivity index (χ1) is 9.61. The SMILES string of the molecule is COCCCC(=O)Nc1ccc2c(c1)CCN2C(C)=O. The molecule has 5 heteroatoms. The minimum absolute atomic E-state index is 0.0107. The van der Waals surface area contributed by atoms with Gasteiger partial charge in [-0.25, -0.2) is 0 Å². The monoisotopic (exact) mass is 276 g/mol. The van der Waals surface area contributed by atoms with Crippen LogP contribution in [-0.4, -0.2) is 32.1 Å². The number of nitrogens with one attached hydrogen (secondary N) is 1. The van der Waals surface area contributed by atoms with Crippen molar-refractivity contribution in [2.24, 2.45) is 0 Å². The summed E-state index contributed by atoms with van der Waals surface area (Å²) in [6.07, 6.45) is 2.00. The fourth-order valence-corrected chi connectivity index (χ4v) is 2.41. The lowest BCUT2D eigenvalue weighted by atomic mass is 10.1. The Hall–Kier alpha value is -1.88. The van der Waals surface area contributed by atoms with Crippen molar-refractivity contribution in [3.05, 3.63) is 23.8 Å². The summed E-state index contributed by atoms with van der Waals surface area (Å²) >= 11 is 0. The number of hydrogen-bond donors (Lipinski definition) is 1. The third kappa shape index (κ3) is 3.36. The fourth-order valence-electron chi connectivity index (χ4n) is 2.41. The van der Waals surface area contributed by atoms with Crippen LogP contribution in [0.5, 0.6) is 0 Å². The molecule has 1 aliphatic heterocycles. The molecule has 20 heavy (non-hydrogen) atoms. The lowest BCUT2D eigenvalue weighted by Gasteiger charge is -2.15. The van der Waals surface area contributed by atoms with Crippen LogP contribution >= 0.6 is 0 Å². The first-order valence-corrected chi connectivity index (χ1v) is 6.81.